The predicted octanol–water partition coefficient (Wildman–Crippen LogP) is 1.24. The second-order valence-corrected chi connectivity index (χ2v) is 3.53. The highest BCUT2D eigenvalue weighted by Gasteiger charge is 2.17. The first kappa shape index (κ1) is 10.2. The number of aromatic nitrogens is 1. The minimum atomic E-state index is -1.44. The van der Waals surface area contributed by atoms with Crippen LogP contribution in [0.3, 0.4) is 0 Å². The van der Waals surface area contributed by atoms with Gasteiger partial charge in [0.1, 0.15) is 5.75 Å². The van der Waals surface area contributed by atoms with Gasteiger partial charge < -0.3 is 15.2 Å². The number of carboxylic acid groups (broad SMARTS) is 1. The summed E-state index contributed by atoms with van der Waals surface area (Å²) in [5, 5.41) is 18.8. The fourth-order valence-electron chi connectivity index (χ4n) is 1.59. The molecule has 1 aromatic carbocycles. The van der Waals surface area contributed by atoms with Crippen LogP contribution in [-0.4, -0.2) is 21.2 Å². The van der Waals surface area contributed by atoms with Crippen LogP contribution in [0.25, 0.3) is 10.9 Å². The van der Waals surface area contributed by atoms with Gasteiger partial charge in [-0.15, -0.1) is 0 Å². The third-order valence-electron chi connectivity index (χ3n) is 2.36. The fraction of sp³-hybridized carbons (Fsp3) is 0.0909. The van der Waals surface area contributed by atoms with Crippen molar-refractivity contribution in [2.24, 2.45) is 0 Å². The smallest absolute Gasteiger partial charge is 0.345 e. The number of benzene rings is 1. The predicted molar refractivity (Wildman–Crippen MR) is 57.9 cm³/mol. The maximum Gasteiger partial charge on any atom is 0.345 e. The third-order valence-corrected chi connectivity index (χ3v) is 2.36. The normalized spacial score (nSPS) is 10.6. The van der Waals surface area contributed by atoms with Crippen molar-refractivity contribution in [1.82, 2.24) is 4.98 Å². The summed E-state index contributed by atoms with van der Waals surface area (Å²) in [6.45, 7) is 1.83. The minimum absolute atomic E-state index is 0.322. The van der Waals surface area contributed by atoms with Gasteiger partial charge in [0.15, 0.2) is 5.56 Å². The monoisotopic (exact) mass is 219 g/mol. The Balaban J connectivity index is 2.94. The topological polar surface area (TPSA) is 90.4 Å². The van der Waals surface area contributed by atoms with Gasteiger partial charge in [-0.2, -0.15) is 0 Å². The average molecular weight is 219 g/mol. The molecule has 0 bridgehead atoms. The Morgan fingerprint density at radius 3 is 2.69 bits per heavy atom. The minimum Gasteiger partial charge on any atom is -0.506 e. The van der Waals surface area contributed by atoms with Gasteiger partial charge in [-0.3, -0.25) is 4.79 Å². The van der Waals surface area contributed by atoms with Gasteiger partial charge in [0.05, 0.1) is 5.52 Å². The Morgan fingerprint density at radius 1 is 1.38 bits per heavy atom. The lowest BCUT2D eigenvalue weighted by molar-refractivity contribution is 0.0692. The lowest BCUT2D eigenvalue weighted by Crippen LogP contribution is -2.17. The molecule has 1 heterocycles. The van der Waals surface area contributed by atoms with E-state index in [4.69, 9.17) is 5.11 Å². The number of aromatic hydroxyl groups is 1. The van der Waals surface area contributed by atoms with Gasteiger partial charge >= 0.3 is 5.97 Å². The molecule has 0 aliphatic heterocycles. The number of H-pyrrole nitrogens is 1. The molecule has 2 rings (SSSR count). The molecule has 5 nitrogen and oxygen atoms in total. The van der Waals surface area contributed by atoms with E-state index < -0.39 is 22.8 Å². The lowest BCUT2D eigenvalue weighted by atomic mass is 10.1. The van der Waals surface area contributed by atoms with Gasteiger partial charge in [-0.25, -0.2) is 4.79 Å². The molecule has 0 atom stereocenters. The average Bonchev–Trinajstić information content (AvgIpc) is 2.15. The number of nitrogens with one attached hydrogen (secondary N) is 1. The van der Waals surface area contributed by atoms with E-state index in [1.807, 2.05) is 6.92 Å². The zero-order valence-electron chi connectivity index (χ0n) is 8.44. The van der Waals surface area contributed by atoms with E-state index in [1.165, 1.54) is 0 Å². The summed E-state index contributed by atoms with van der Waals surface area (Å²) >= 11 is 0. The van der Waals surface area contributed by atoms with Crippen molar-refractivity contribution < 1.29 is 15.0 Å². The van der Waals surface area contributed by atoms with Gasteiger partial charge in [0.25, 0.3) is 5.56 Å². The number of carbonyl (C=O) groups is 1. The van der Waals surface area contributed by atoms with Gasteiger partial charge in [-0.1, -0.05) is 6.07 Å². The summed E-state index contributed by atoms with van der Waals surface area (Å²) in [5.74, 6) is -1.94. The summed E-state index contributed by atoms with van der Waals surface area (Å²) < 4.78 is 0. The Bertz CT molecular complexity index is 642. The first-order valence-corrected chi connectivity index (χ1v) is 4.59. The highest BCUT2D eigenvalue weighted by Crippen LogP contribution is 2.25. The Morgan fingerprint density at radius 2 is 2.06 bits per heavy atom. The fourth-order valence-corrected chi connectivity index (χ4v) is 1.59. The van der Waals surface area contributed by atoms with Crippen molar-refractivity contribution in [3.63, 3.8) is 0 Å². The van der Waals surface area contributed by atoms with Crippen LogP contribution in [0.5, 0.6) is 5.75 Å². The van der Waals surface area contributed by atoms with E-state index in [0.717, 1.165) is 5.56 Å². The van der Waals surface area contributed by atoms with E-state index in [9.17, 15) is 14.7 Å². The van der Waals surface area contributed by atoms with Gasteiger partial charge in [0.2, 0.25) is 0 Å². The number of pyridine rings is 1. The van der Waals surface area contributed by atoms with Crippen LogP contribution < -0.4 is 5.56 Å². The van der Waals surface area contributed by atoms with E-state index in [2.05, 4.69) is 4.98 Å². The molecule has 16 heavy (non-hydrogen) atoms. The molecule has 0 aliphatic rings. The zero-order valence-corrected chi connectivity index (χ0v) is 8.44. The number of aromatic amines is 1. The molecule has 0 radical (unpaired) electrons. The third kappa shape index (κ3) is 1.42. The number of rotatable bonds is 1. The molecule has 82 valence electrons. The van der Waals surface area contributed by atoms with Crippen LogP contribution in [0.4, 0.5) is 0 Å². The van der Waals surface area contributed by atoms with Crippen molar-refractivity contribution in [1.29, 1.82) is 0 Å². The maximum absolute atomic E-state index is 11.4. The van der Waals surface area contributed by atoms with E-state index in [1.54, 1.807) is 18.2 Å². The van der Waals surface area contributed by atoms with Crippen LogP contribution in [-0.2, 0) is 0 Å². The Labute approximate surface area is 90.0 Å². The molecule has 0 spiro atoms. The van der Waals surface area contributed by atoms with Crippen molar-refractivity contribution in [2.75, 3.05) is 0 Å². The van der Waals surface area contributed by atoms with Crippen molar-refractivity contribution >= 4 is 16.9 Å². The van der Waals surface area contributed by atoms with Crippen molar-refractivity contribution in [2.45, 2.75) is 6.92 Å². The second kappa shape index (κ2) is 3.37. The molecule has 0 unspecified atom stereocenters. The standard InChI is InChI=1S/C11H9NO4/c1-5-2-3-6-7(4-5)12-10(14)8(9(6)13)11(15)16/h2-4H,1H3,(H,15,16)(H2,12,13,14). The lowest BCUT2D eigenvalue weighted by Gasteiger charge is -2.04. The van der Waals surface area contributed by atoms with Crippen molar-refractivity contribution in [3.05, 3.63) is 39.7 Å². The molecule has 2 aromatic rings. The van der Waals surface area contributed by atoms with Crippen molar-refractivity contribution in [3.8, 4) is 5.75 Å². The molecule has 5 heteroatoms. The quantitative estimate of drug-likeness (QED) is 0.673. The number of hydrogen-bond donors (Lipinski definition) is 3. The maximum atomic E-state index is 11.4. The van der Waals surface area contributed by atoms with E-state index in [-0.39, 0.29) is 0 Å². The summed E-state index contributed by atoms with van der Waals surface area (Å²) in [4.78, 5) is 24.6. The summed E-state index contributed by atoms with van der Waals surface area (Å²) in [7, 11) is 0. The molecule has 0 fully saturated rings. The van der Waals surface area contributed by atoms with E-state index in [0.29, 0.717) is 10.9 Å². The second-order valence-electron chi connectivity index (χ2n) is 3.53. The molecule has 0 amide bonds. The SMILES string of the molecule is Cc1ccc2c(O)c(C(=O)O)c(=O)[nH]c2c1. The molecule has 0 saturated carbocycles. The van der Waals surface area contributed by atoms with Gasteiger partial charge in [-0.05, 0) is 24.6 Å². The Hall–Kier alpha value is -2.30. The number of carboxylic acids is 1. The first-order chi connectivity index (χ1) is 7.50. The Kier molecular flexibility index (Phi) is 2.16. The van der Waals surface area contributed by atoms with Crippen LogP contribution in [0.2, 0.25) is 0 Å². The zero-order chi connectivity index (χ0) is 11.9. The molecule has 0 saturated heterocycles. The summed E-state index contributed by atoms with van der Waals surface area (Å²) in [6.07, 6.45) is 0. The molecule has 0 aliphatic carbocycles. The highest BCUT2D eigenvalue weighted by atomic mass is 16.4. The molecule has 3 N–H and O–H groups in total. The van der Waals surface area contributed by atoms with Crippen LogP contribution in [0.1, 0.15) is 15.9 Å². The summed E-state index contributed by atoms with van der Waals surface area (Å²) in [6, 6.07) is 4.97. The molecular formula is C11H9NO4. The first-order valence-electron chi connectivity index (χ1n) is 4.59. The highest BCUT2D eigenvalue weighted by molar-refractivity contribution is 5.98. The number of aromatic carboxylic acids is 1. The van der Waals surface area contributed by atoms with Crippen LogP contribution in [0.15, 0.2) is 23.0 Å². The van der Waals surface area contributed by atoms with Crippen LogP contribution in [0, 0.1) is 6.92 Å². The molecule has 1 aromatic heterocycles. The van der Waals surface area contributed by atoms with Crippen LogP contribution >= 0.6 is 0 Å². The number of hydrogen-bond acceptors (Lipinski definition) is 3. The number of aryl methyl sites for hydroxylation is 1. The van der Waals surface area contributed by atoms with Gasteiger partial charge in [0, 0.05) is 5.39 Å². The number of fused-ring (bicyclic) bond motifs is 1. The molecular weight excluding hydrogens is 210 g/mol. The summed E-state index contributed by atoms with van der Waals surface area (Å²) in [5.41, 5.74) is -0.0995. The van der Waals surface area contributed by atoms with E-state index >= 15 is 0 Å². The largest absolute Gasteiger partial charge is 0.506 e.